The largest absolute Gasteiger partial charge is 0.353 e. The second kappa shape index (κ2) is 10.1. The van der Waals surface area contributed by atoms with Crippen molar-refractivity contribution in [3.05, 3.63) is 105 Å². The molecule has 1 nitrogen and oxygen atoms in total. The molecule has 5 aromatic rings. The Balaban J connectivity index is 2.14. The number of fused-ring (bicyclic) bond motifs is 1. The molecular formula is C26H2ClF15N. The van der Waals surface area contributed by atoms with Crippen LogP contribution < -0.4 is 0 Å². The minimum atomic E-state index is -2.82. The molecule has 0 bridgehead atoms. The molecule has 4 aromatic carbocycles. The van der Waals surface area contributed by atoms with Crippen molar-refractivity contribution in [3.63, 3.8) is 0 Å². The van der Waals surface area contributed by atoms with Crippen molar-refractivity contribution in [1.82, 2.24) is 4.98 Å². The summed E-state index contributed by atoms with van der Waals surface area (Å²) in [5.41, 5.74) is -12.0. The summed E-state index contributed by atoms with van der Waals surface area (Å²) >= 11 is 5.96. The molecule has 223 valence electrons. The van der Waals surface area contributed by atoms with Crippen LogP contribution in [-0.2, 0) is 0 Å². The van der Waals surface area contributed by atoms with Crippen LogP contribution in [0.3, 0.4) is 0 Å². The summed E-state index contributed by atoms with van der Waals surface area (Å²) in [5, 5.41) is -2.57. The summed E-state index contributed by atoms with van der Waals surface area (Å²) in [4.78, 5) is 1.98. The molecule has 17 heteroatoms. The second-order valence-corrected chi connectivity index (χ2v) is 8.90. The summed E-state index contributed by atoms with van der Waals surface area (Å²) in [5.74, 6) is -40.7. The fourth-order valence-electron chi connectivity index (χ4n) is 4.36. The van der Waals surface area contributed by atoms with Gasteiger partial charge < -0.3 is 4.98 Å². The van der Waals surface area contributed by atoms with E-state index in [4.69, 9.17) is 11.6 Å². The first kappa shape index (κ1) is 30.1. The molecule has 1 N–H and O–H groups in total. The van der Waals surface area contributed by atoms with E-state index in [-0.39, 0.29) is 0 Å². The van der Waals surface area contributed by atoms with Gasteiger partial charge in [0.15, 0.2) is 69.8 Å². The predicted octanol–water partition coefficient (Wildman–Crippen LogP) is 9.71. The van der Waals surface area contributed by atoms with Gasteiger partial charge in [0.2, 0.25) is 17.5 Å². The fourth-order valence-corrected chi connectivity index (χ4v) is 4.65. The first-order valence-corrected chi connectivity index (χ1v) is 11.2. The predicted molar refractivity (Wildman–Crippen MR) is 118 cm³/mol. The normalized spacial score (nSPS) is 11.7. The van der Waals surface area contributed by atoms with E-state index in [9.17, 15) is 57.1 Å². The molecule has 0 amide bonds. The molecule has 0 saturated heterocycles. The fraction of sp³-hybridized carbons (Fsp3) is 0. The molecule has 0 aliphatic heterocycles. The maximum absolute atomic E-state index is 15.1. The van der Waals surface area contributed by atoms with Crippen molar-refractivity contribution in [2.45, 2.75) is 0 Å². The van der Waals surface area contributed by atoms with Crippen molar-refractivity contribution in [2.24, 2.45) is 0 Å². The van der Waals surface area contributed by atoms with Crippen LogP contribution >= 0.6 is 11.6 Å². The standard InChI is InChI=1S/C26H2ClF15N/c27-4-1-5-6(3(2-43-5)7-12(28)18(34)24(40)19(35)13(7)29)9(11-16(32)22(38)26(42)23(39)17(11)33)8(4)10-14(30)20(36)25(41)21(37)15(10)31/h1,43H. The highest BCUT2D eigenvalue weighted by Gasteiger charge is 2.37. The average Bonchev–Trinajstić information content (AvgIpc) is 3.38. The van der Waals surface area contributed by atoms with Crippen LogP contribution in [-0.4, -0.2) is 4.98 Å². The molecule has 0 fully saturated rings. The van der Waals surface area contributed by atoms with E-state index in [1.807, 2.05) is 11.2 Å². The van der Waals surface area contributed by atoms with E-state index in [1.165, 1.54) is 0 Å². The van der Waals surface area contributed by atoms with Gasteiger partial charge in [0.05, 0.1) is 27.9 Å². The lowest BCUT2D eigenvalue weighted by atomic mass is 9.87. The molecule has 0 saturated carbocycles. The minimum absolute atomic E-state index is 0.450. The lowest BCUT2D eigenvalue weighted by Gasteiger charge is -2.19. The monoisotopic (exact) mass is 648 g/mol. The van der Waals surface area contributed by atoms with Crippen LogP contribution in [0, 0.1) is 93.5 Å². The second-order valence-electron chi connectivity index (χ2n) is 8.49. The van der Waals surface area contributed by atoms with Crippen molar-refractivity contribution in [3.8, 4) is 33.4 Å². The van der Waals surface area contributed by atoms with Gasteiger partial charge in [-0.1, -0.05) is 11.6 Å². The first-order valence-electron chi connectivity index (χ1n) is 10.9. The maximum Gasteiger partial charge on any atom is 0.200 e. The SMILES string of the molecule is Fc1c(F)c(F)c(-c2c(Cl)cc3[nH][c]c(-c4c(F)c(F)c(F)c(F)c4F)c3c2-c2c(F)c(F)c(F)c(F)c2F)c(F)c1F. The lowest BCUT2D eigenvalue weighted by Crippen LogP contribution is -2.09. The molecule has 1 radical (unpaired) electrons. The number of aromatic nitrogens is 1. The number of rotatable bonds is 3. The van der Waals surface area contributed by atoms with E-state index in [1.54, 1.807) is 0 Å². The van der Waals surface area contributed by atoms with Gasteiger partial charge in [-0.2, -0.15) is 0 Å². The molecule has 43 heavy (non-hydrogen) atoms. The zero-order valence-corrected chi connectivity index (χ0v) is 20.4. The Morgan fingerprint density at radius 2 is 0.698 bits per heavy atom. The van der Waals surface area contributed by atoms with Crippen LogP contribution in [0.4, 0.5) is 65.9 Å². The van der Waals surface area contributed by atoms with Gasteiger partial charge in [-0.15, -0.1) is 0 Å². The Bertz CT molecular complexity index is 1960. The molecule has 1 aromatic heterocycles. The van der Waals surface area contributed by atoms with Gasteiger partial charge in [0.25, 0.3) is 0 Å². The molecule has 0 atom stereocenters. The van der Waals surface area contributed by atoms with Gasteiger partial charge in [-0.25, -0.2) is 65.9 Å². The van der Waals surface area contributed by atoms with Crippen LogP contribution in [0.5, 0.6) is 0 Å². The Hall–Kier alpha value is -4.34. The van der Waals surface area contributed by atoms with Gasteiger partial charge in [0.1, 0.15) is 0 Å². The third-order valence-electron chi connectivity index (χ3n) is 6.23. The average molecular weight is 649 g/mol. The smallest absolute Gasteiger partial charge is 0.200 e. The molecule has 0 unspecified atom stereocenters. The number of hydrogen-bond donors (Lipinski definition) is 1. The number of benzene rings is 4. The highest BCUT2D eigenvalue weighted by molar-refractivity contribution is 6.36. The van der Waals surface area contributed by atoms with Gasteiger partial charge >= 0.3 is 0 Å². The summed E-state index contributed by atoms with van der Waals surface area (Å²) in [7, 11) is 0. The van der Waals surface area contributed by atoms with E-state index < -0.39 is 137 Å². The van der Waals surface area contributed by atoms with Crippen LogP contribution in [0.2, 0.25) is 5.02 Å². The number of hydrogen-bond acceptors (Lipinski definition) is 0. The summed E-state index contributed by atoms with van der Waals surface area (Å²) < 4.78 is 216. The van der Waals surface area contributed by atoms with Crippen molar-refractivity contribution < 1.29 is 65.9 Å². The zero-order chi connectivity index (χ0) is 32.0. The minimum Gasteiger partial charge on any atom is -0.353 e. The topological polar surface area (TPSA) is 15.8 Å². The molecular weight excluding hydrogens is 647 g/mol. The summed E-state index contributed by atoms with van der Waals surface area (Å²) in [6.45, 7) is 0. The summed E-state index contributed by atoms with van der Waals surface area (Å²) in [6, 6.07) is 0.450. The third-order valence-corrected chi connectivity index (χ3v) is 6.53. The van der Waals surface area contributed by atoms with Crippen molar-refractivity contribution >= 4 is 22.5 Å². The molecule has 0 aliphatic carbocycles. The highest BCUT2D eigenvalue weighted by Crippen LogP contribution is 2.50. The van der Waals surface area contributed by atoms with E-state index in [0.29, 0.717) is 6.07 Å². The van der Waals surface area contributed by atoms with E-state index >= 15 is 8.78 Å². The highest BCUT2D eigenvalue weighted by atomic mass is 35.5. The lowest BCUT2D eigenvalue weighted by molar-refractivity contribution is 0.380. The Labute approximate surface area is 231 Å². The van der Waals surface area contributed by atoms with E-state index in [0.717, 1.165) is 0 Å². The number of H-pyrrole nitrogens is 1. The molecule has 0 spiro atoms. The van der Waals surface area contributed by atoms with Crippen molar-refractivity contribution in [2.75, 3.05) is 0 Å². The van der Waals surface area contributed by atoms with Crippen LogP contribution in [0.15, 0.2) is 6.07 Å². The number of halogens is 16. The molecule has 0 aliphatic rings. The maximum atomic E-state index is 15.1. The summed E-state index contributed by atoms with van der Waals surface area (Å²) in [6.07, 6.45) is 1.82. The first-order chi connectivity index (χ1) is 20.0. The van der Waals surface area contributed by atoms with Gasteiger partial charge in [-0.05, 0) is 6.07 Å². The quantitative estimate of drug-likeness (QED) is 0.114. The van der Waals surface area contributed by atoms with Crippen molar-refractivity contribution in [1.29, 1.82) is 0 Å². The Morgan fingerprint density at radius 1 is 0.395 bits per heavy atom. The molecule has 5 rings (SSSR count). The van der Waals surface area contributed by atoms with Gasteiger partial charge in [-0.3, -0.25) is 0 Å². The third kappa shape index (κ3) is 4.06. The number of nitrogens with one attached hydrogen (secondary N) is 1. The zero-order valence-electron chi connectivity index (χ0n) is 19.6. The van der Waals surface area contributed by atoms with Crippen LogP contribution in [0.25, 0.3) is 44.3 Å². The molecule has 1 heterocycles. The Morgan fingerprint density at radius 3 is 1.07 bits per heavy atom. The number of aromatic amines is 1. The van der Waals surface area contributed by atoms with Crippen LogP contribution in [0.1, 0.15) is 0 Å². The van der Waals surface area contributed by atoms with Gasteiger partial charge in [0, 0.05) is 27.6 Å². The Kier molecular flexibility index (Phi) is 7.10. The van der Waals surface area contributed by atoms with E-state index in [2.05, 4.69) is 0 Å².